The predicted octanol–water partition coefficient (Wildman–Crippen LogP) is 5.40. The zero-order valence-corrected chi connectivity index (χ0v) is 16.1. The van der Waals surface area contributed by atoms with Crippen LogP contribution in [0.5, 0.6) is 5.75 Å². The van der Waals surface area contributed by atoms with E-state index in [-0.39, 0.29) is 5.56 Å². The summed E-state index contributed by atoms with van der Waals surface area (Å²) in [4.78, 5) is 19.6. The molecule has 0 bridgehead atoms. The van der Waals surface area contributed by atoms with Gasteiger partial charge in [0.25, 0.3) is 5.56 Å². The number of nitrogens with one attached hydrogen (secondary N) is 2. The maximum absolute atomic E-state index is 12.4. The lowest BCUT2D eigenvalue weighted by atomic mass is 10.1. The Kier molecular flexibility index (Phi) is 4.62. The molecule has 5 nitrogen and oxygen atoms in total. The van der Waals surface area contributed by atoms with E-state index in [1.165, 1.54) is 0 Å². The topological polar surface area (TPSA) is 67.0 Å². The predicted molar refractivity (Wildman–Crippen MR) is 120 cm³/mol. The molecule has 0 unspecified atom stereocenters. The third-order valence-corrected chi connectivity index (χ3v) is 4.99. The highest BCUT2D eigenvalue weighted by Gasteiger charge is 2.10. The standard InChI is InChI=1S/C25H19N3O2/c29-25-21-12-5-4-11-20(21)23-22(13-14-26-24(23)28-25)27-18-9-6-10-19(15-18)30-16-17-7-2-1-3-8-17/h1-15H,16H2,(H2,26,27,28,29). The van der Waals surface area contributed by atoms with E-state index < -0.39 is 0 Å². The number of fused-ring (bicyclic) bond motifs is 3. The number of pyridine rings is 2. The van der Waals surface area contributed by atoms with Gasteiger partial charge in [0.15, 0.2) is 0 Å². The van der Waals surface area contributed by atoms with Gasteiger partial charge in [-0.1, -0.05) is 54.6 Å². The molecule has 0 fully saturated rings. The summed E-state index contributed by atoms with van der Waals surface area (Å²) < 4.78 is 5.94. The third-order valence-electron chi connectivity index (χ3n) is 4.99. The van der Waals surface area contributed by atoms with E-state index in [0.29, 0.717) is 17.6 Å². The largest absolute Gasteiger partial charge is 0.489 e. The molecule has 30 heavy (non-hydrogen) atoms. The molecule has 5 rings (SSSR count). The van der Waals surface area contributed by atoms with Gasteiger partial charge in [-0.15, -0.1) is 0 Å². The van der Waals surface area contributed by atoms with Gasteiger partial charge in [-0.05, 0) is 29.8 Å². The Morgan fingerprint density at radius 1 is 0.867 bits per heavy atom. The first-order valence-electron chi connectivity index (χ1n) is 9.71. The highest BCUT2D eigenvalue weighted by Crippen LogP contribution is 2.30. The molecular weight excluding hydrogens is 374 g/mol. The molecule has 0 spiro atoms. The van der Waals surface area contributed by atoms with E-state index in [4.69, 9.17) is 4.74 Å². The number of nitrogens with zero attached hydrogens (tertiary/aromatic N) is 1. The molecule has 2 heterocycles. The van der Waals surface area contributed by atoms with Crippen molar-refractivity contribution in [1.82, 2.24) is 9.97 Å². The van der Waals surface area contributed by atoms with Gasteiger partial charge in [0.2, 0.25) is 0 Å². The minimum Gasteiger partial charge on any atom is -0.489 e. The van der Waals surface area contributed by atoms with Crippen molar-refractivity contribution in [2.75, 3.05) is 5.32 Å². The van der Waals surface area contributed by atoms with Crippen molar-refractivity contribution in [2.24, 2.45) is 0 Å². The second kappa shape index (κ2) is 7.72. The SMILES string of the molecule is O=c1[nH]c2nccc(Nc3cccc(OCc4ccccc4)c3)c2c2ccccc12. The number of anilines is 2. The van der Waals surface area contributed by atoms with Gasteiger partial charge in [0.1, 0.15) is 18.0 Å². The fourth-order valence-electron chi connectivity index (χ4n) is 3.57. The number of aromatic nitrogens is 2. The summed E-state index contributed by atoms with van der Waals surface area (Å²) in [5, 5.41) is 5.84. The molecule has 2 aromatic heterocycles. The molecular formula is C25H19N3O2. The summed E-state index contributed by atoms with van der Waals surface area (Å²) in [5.74, 6) is 0.778. The van der Waals surface area contributed by atoms with Crippen LogP contribution in [0.4, 0.5) is 11.4 Å². The summed E-state index contributed by atoms with van der Waals surface area (Å²) in [5.41, 5.74) is 3.29. The van der Waals surface area contributed by atoms with Crippen LogP contribution in [0.3, 0.4) is 0 Å². The molecule has 0 radical (unpaired) electrons. The molecule has 0 saturated heterocycles. The lowest BCUT2D eigenvalue weighted by molar-refractivity contribution is 0.306. The Morgan fingerprint density at radius 3 is 2.53 bits per heavy atom. The van der Waals surface area contributed by atoms with Crippen molar-refractivity contribution in [2.45, 2.75) is 6.61 Å². The molecule has 0 aliphatic heterocycles. The van der Waals surface area contributed by atoms with E-state index in [9.17, 15) is 4.79 Å². The maximum atomic E-state index is 12.4. The Hall–Kier alpha value is -4.12. The second-order valence-electron chi connectivity index (χ2n) is 7.01. The Morgan fingerprint density at radius 2 is 1.67 bits per heavy atom. The first kappa shape index (κ1) is 17.9. The van der Waals surface area contributed by atoms with Crippen molar-refractivity contribution in [1.29, 1.82) is 0 Å². The fourth-order valence-corrected chi connectivity index (χ4v) is 3.57. The number of aromatic amines is 1. The zero-order chi connectivity index (χ0) is 20.3. The van der Waals surface area contributed by atoms with Crippen LogP contribution in [0.2, 0.25) is 0 Å². The van der Waals surface area contributed by atoms with Gasteiger partial charge in [-0.3, -0.25) is 4.79 Å². The van der Waals surface area contributed by atoms with Crippen molar-refractivity contribution in [3.63, 3.8) is 0 Å². The first-order chi connectivity index (χ1) is 14.8. The lowest BCUT2D eigenvalue weighted by Gasteiger charge is -2.13. The summed E-state index contributed by atoms with van der Waals surface area (Å²) in [7, 11) is 0. The highest BCUT2D eigenvalue weighted by atomic mass is 16.5. The average molecular weight is 393 g/mol. The van der Waals surface area contributed by atoms with Gasteiger partial charge >= 0.3 is 0 Å². The summed E-state index contributed by atoms with van der Waals surface area (Å²) in [6, 6.07) is 27.4. The first-order valence-corrected chi connectivity index (χ1v) is 9.71. The van der Waals surface area contributed by atoms with Gasteiger partial charge in [-0.25, -0.2) is 4.98 Å². The molecule has 0 amide bonds. The second-order valence-corrected chi connectivity index (χ2v) is 7.01. The maximum Gasteiger partial charge on any atom is 0.257 e. The van der Waals surface area contributed by atoms with Crippen LogP contribution in [0.1, 0.15) is 5.56 Å². The Labute approximate surface area is 173 Å². The molecule has 5 heteroatoms. The minimum absolute atomic E-state index is 0.140. The van der Waals surface area contributed by atoms with Crippen molar-refractivity contribution in [3.05, 3.63) is 107 Å². The number of hydrogen-bond donors (Lipinski definition) is 2. The van der Waals surface area contributed by atoms with E-state index >= 15 is 0 Å². The van der Waals surface area contributed by atoms with Gasteiger partial charge < -0.3 is 15.0 Å². The monoisotopic (exact) mass is 393 g/mol. The number of hydrogen-bond acceptors (Lipinski definition) is 4. The molecule has 0 aliphatic rings. The van der Waals surface area contributed by atoms with Crippen LogP contribution in [0.25, 0.3) is 21.8 Å². The van der Waals surface area contributed by atoms with Gasteiger partial charge in [0.05, 0.1) is 5.69 Å². The van der Waals surface area contributed by atoms with Crippen molar-refractivity contribution >= 4 is 33.2 Å². The lowest BCUT2D eigenvalue weighted by Crippen LogP contribution is -2.08. The normalized spacial score (nSPS) is 10.9. The van der Waals surface area contributed by atoms with Crippen molar-refractivity contribution in [3.8, 4) is 5.75 Å². The van der Waals surface area contributed by atoms with E-state index in [1.54, 1.807) is 6.20 Å². The Bertz CT molecular complexity index is 1390. The van der Waals surface area contributed by atoms with E-state index in [0.717, 1.165) is 33.5 Å². The van der Waals surface area contributed by atoms with E-state index in [1.807, 2.05) is 84.9 Å². The van der Waals surface area contributed by atoms with Gasteiger partial charge in [-0.2, -0.15) is 0 Å². The molecule has 0 atom stereocenters. The van der Waals surface area contributed by atoms with Crippen LogP contribution >= 0.6 is 0 Å². The third kappa shape index (κ3) is 3.49. The molecule has 146 valence electrons. The molecule has 0 aliphatic carbocycles. The minimum atomic E-state index is -0.140. The van der Waals surface area contributed by atoms with Crippen LogP contribution in [-0.4, -0.2) is 9.97 Å². The fraction of sp³-hybridized carbons (Fsp3) is 0.0400. The Balaban J connectivity index is 1.49. The zero-order valence-electron chi connectivity index (χ0n) is 16.1. The quantitative estimate of drug-likeness (QED) is 0.393. The average Bonchev–Trinajstić information content (AvgIpc) is 2.79. The molecule has 3 aromatic carbocycles. The summed E-state index contributed by atoms with van der Waals surface area (Å²) in [6.07, 6.45) is 1.69. The van der Waals surface area contributed by atoms with E-state index in [2.05, 4.69) is 15.3 Å². The van der Waals surface area contributed by atoms with Crippen molar-refractivity contribution < 1.29 is 4.74 Å². The number of H-pyrrole nitrogens is 1. The molecule has 2 N–H and O–H groups in total. The van der Waals surface area contributed by atoms with Crippen LogP contribution in [0.15, 0.2) is 95.9 Å². The number of benzene rings is 3. The molecule has 5 aromatic rings. The van der Waals surface area contributed by atoms with Crippen LogP contribution in [0, 0.1) is 0 Å². The van der Waals surface area contributed by atoms with Gasteiger partial charge in [0, 0.05) is 34.1 Å². The van der Waals surface area contributed by atoms with Crippen LogP contribution < -0.4 is 15.6 Å². The highest BCUT2D eigenvalue weighted by molar-refractivity contribution is 6.10. The number of ether oxygens (including phenoxy) is 1. The molecule has 0 saturated carbocycles. The summed E-state index contributed by atoms with van der Waals surface area (Å²) >= 11 is 0. The van der Waals surface area contributed by atoms with Crippen LogP contribution in [-0.2, 0) is 6.61 Å². The summed E-state index contributed by atoms with van der Waals surface area (Å²) in [6.45, 7) is 0.508. The number of rotatable bonds is 5. The smallest absolute Gasteiger partial charge is 0.257 e.